The van der Waals surface area contributed by atoms with Gasteiger partial charge in [-0.1, -0.05) is 0 Å². The fourth-order valence-corrected chi connectivity index (χ4v) is 2.51. The zero-order valence-corrected chi connectivity index (χ0v) is 12.8. The Balaban J connectivity index is 2.33. The molecule has 3 aromatic rings. The number of ether oxygens (including phenoxy) is 1. The summed E-state index contributed by atoms with van der Waals surface area (Å²) in [4.78, 5) is 12.8. The van der Waals surface area contributed by atoms with Crippen molar-refractivity contribution in [3.63, 3.8) is 0 Å². The van der Waals surface area contributed by atoms with Crippen LogP contribution in [0.3, 0.4) is 0 Å². The lowest BCUT2D eigenvalue weighted by molar-refractivity contribution is 0.412. The summed E-state index contributed by atoms with van der Waals surface area (Å²) >= 11 is 5.94. The van der Waals surface area contributed by atoms with Crippen LogP contribution < -0.4 is 4.74 Å². The highest BCUT2D eigenvalue weighted by Gasteiger charge is 2.18. The van der Waals surface area contributed by atoms with Gasteiger partial charge in [-0.3, -0.25) is 4.98 Å². The van der Waals surface area contributed by atoms with Gasteiger partial charge >= 0.3 is 0 Å². The molecule has 0 aromatic carbocycles. The molecule has 0 unspecified atom stereocenters. The van der Waals surface area contributed by atoms with Gasteiger partial charge < -0.3 is 9.30 Å². The first kappa shape index (κ1) is 13.8. The van der Waals surface area contributed by atoms with E-state index in [-0.39, 0.29) is 5.28 Å². The van der Waals surface area contributed by atoms with Gasteiger partial charge in [-0.15, -0.1) is 0 Å². The van der Waals surface area contributed by atoms with Crippen LogP contribution in [-0.2, 0) is 0 Å². The van der Waals surface area contributed by atoms with E-state index in [4.69, 9.17) is 16.3 Å². The number of pyridine rings is 1. The minimum absolute atomic E-state index is 0.187. The zero-order valence-electron chi connectivity index (χ0n) is 12.0. The Kier molecular flexibility index (Phi) is 3.51. The first-order chi connectivity index (χ1) is 10.1. The maximum absolute atomic E-state index is 5.94. The van der Waals surface area contributed by atoms with E-state index in [0.29, 0.717) is 17.5 Å². The normalized spacial score (nSPS) is 11.3. The summed E-state index contributed by atoms with van der Waals surface area (Å²) in [5.74, 6) is 0.577. The summed E-state index contributed by atoms with van der Waals surface area (Å²) < 4.78 is 7.51. The van der Waals surface area contributed by atoms with Gasteiger partial charge in [0.25, 0.3) is 0 Å². The lowest BCUT2D eigenvalue weighted by Crippen LogP contribution is -1.98. The third kappa shape index (κ3) is 2.34. The monoisotopic (exact) mass is 302 g/mol. The Hall–Kier alpha value is -2.14. The number of rotatable bonds is 3. The van der Waals surface area contributed by atoms with E-state index in [9.17, 15) is 0 Å². The van der Waals surface area contributed by atoms with Crippen LogP contribution >= 0.6 is 11.6 Å². The van der Waals surface area contributed by atoms with Gasteiger partial charge in [-0.25, -0.2) is 9.97 Å². The third-order valence-corrected chi connectivity index (χ3v) is 3.53. The molecule has 0 aliphatic rings. The smallest absolute Gasteiger partial charge is 0.223 e. The molecular weight excluding hydrogens is 288 g/mol. The molecule has 0 spiro atoms. The van der Waals surface area contributed by atoms with Gasteiger partial charge in [0.05, 0.1) is 24.3 Å². The van der Waals surface area contributed by atoms with Crippen LogP contribution in [0.4, 0.5) is 0 Å². The highest BCUT2D eigenvalue weighted by atomic mass is 35.5. The van der Waals surface area contributed by atoms with Crippen LogP contribution in [0.1, 0.15) is 19.9 Å². The summed E-state index contributed by atoms with van der Waals surface area (Å²) in [6, 6.07) is 4.28. The van der Waals surface area contributed by atoms with Gasteiger partial charge in [0.1, 0.15) is 5.69 Å². The van der Waals surface area contributed by atoms with E-state index in [1.54, 1.807) is 19.5 Å². The Morgan fingerprint density at radius 3 is 2.81 bits per heavy atom. The lowest BCUT2D eigenvalue weighted by Gasteiger charge is -2.08. The second-order valence-corrected chi connectivity index (χ2v) is 5.31. The zero-order chi connectivity index (χ0) is 15.0. The first-order valence-electron chi connectivity index (χ1n) is 6.64. The standard InChI is InChI=1S/C15H15ClN4O/c1-9(2)20-8-10(13-11(20)5-4-6-17-13)14-12(21-3)7-18-15(16)19-14/h4-9H,1-3H3. The minimum Gasteiger partial charge on any atom is -0.493 e. The molecule has 0 N–H and O–H groups in total. The maximum atomic E-state index is 5.94. The predicted molar refractivity (Wildman–Crippen MR) is 82.7 cm³/mol. The Morgan fingerprint density at radius 2 is 2.10 bits per heavy atom. The summed E-state index contributed by atoms with van der Waals surface area (Å²) in [6.45, 7) is 4.25. The second-order valence-electron chi connectivity index (χ2n) is 4.97. The first-order valence-corrected chi connectivity index (χ1v) is 7.02. The molecule has 0 bridgehead atoms. The van der Waals surface area contributed by atoms with Crippen molar-refractivity contribution >= 4 is 22.6 Å². The van der Waals surface area contributed by atoms with Crippen molar-refractivity contribution in [2.45, 2.75) is 19.9 Å². The number of halogens is 1. The molecule has 0 amide bonds. The number of nitrogens with zero attached hydrogens (tertiary/aromatic N) is 4. The van der Waals surface area contributed by atoms with Crippen LogP contribution in [0, 0.1) is 0 Å². The molecule has 3 aromatic heterocycles. The quantitative estimate of drug-likeness (QED) is 0.692. The molecule has 108 valence electrons. The summed E-state index contributed by atoms with van der Waals surface area (Å²) in [7, 11) is 1.59. The molecule has 0 aliphatic carbocycles. The van der Waals surface area contributed by atoms with Crippen LogP contribution in [0.2, 0.25) is 5.28 Å². The van der Waals surface area contributed by atoms with Gasteiger partial charge in [0.15, 0.2) is 5.75 Å². The topological polar surface area (TPSA) is 52.8 Å². The molecule has 21 heavy (non-hydrogen) atoms. The van der Waals surface area contributed by atoms with E-state index < -0.39 is 0 Å². The van der Waals surface area contributed by atoms with Crippen molar-refractivity contribution in [3.05, 3.63) is 36.0 Å². The SMILES string of the molecule is COc1cnc(Cl)nc1-c1cn(C(C)C)c2cccnc12. The summed E-state index contributed by atoms with van der Waals surface area (Å²) in [5, 5.41) is 0.187. The molecule has 0 aliphatic heterocycles. The maximum Gasteiger partial charge on any atom is 0.223 e. The highest BCUT2D eigenvalue weighted by molar-refractivity contribution is 6.28. The molecule has 5 nitrogen and oxygen atoms in total. The number of aromatic nitrogens is 4. The van der Waals surface area contributed by atoms with E-state index in [2.05, 4.69) is 33.4 Å². The van der Waals surface area contributed by atoms with Crippen LogP contribution in [0.15, 0.2) is 30.7 Å². The molecule has 0 atom stereocenters. The predicted octanol–water partition coefficient (Wildman–Crippen LogP) is 3.74. The van der Waals surface area contributed by atoms with E-state index >= 15 is 0 Å². The average Bonchev–Trinajstić information content (AvgIpc) is 2.87. The van der Waals surface area contributed by atoms with Gasteiger partial charge in [-0.05, 0) is 37.6 Å². The number of fused-ring (bicyclic) bond motifs is 1. The van der Waals surface area contributed by atoms with Crippen molar-refractivity contribution in [2.75, 3.05) is 7.11 Å². The number of hydrogen-bond donors (Lipinski definition) is 0. The Morgan fingerprint density at radius 1 is 1.29 bits per heavy atom. The highest BCUT2D eigenvalue weighted by Crippen LogP contribution is 2.35. The van der Waals surface area contributed by atoms with Crippen LogP contribution in [0.25, 0.3) is 22.3 Å². The Labute approximate surface area is 127 Å². The molecule has 3 heterocycles. The fraction of sp³-hybridized carbons (Fsp3) is 0.267. The lowest BCUT2D eigenvalue weighted by atomic mass is 10.2. The molecular formula is C15H15ClN4O. The Bertz CT molecular complexity index is 797. The molecule has 0 saturated heterocycles. The minimum atomic E-state index is 0.187. The van der Waals surface area contributed by atoms with E-state index in [1.165, 1.54) is 0 Å². The van der Waals surface area contributed by atoms with Crippen LogP contribution in [0.5, 0.6) is 5.75 Å². The van der Waals surface area contributed by atoms with E-state index in [1.807, 2.05) is 18.3 Å². The van der Waals surface area contributed by atoms with Gasteiger partial charge in [0.2, 0.25) is 5.28 Å². The van der Waals surface area contributed by atoms with E-state index in [0.717, 1.165) is 16.6 Å². The van der Waals surface area contributed by atoms with Gasteiger partial charge in [-0.2, -0.15) is 0 Å². The number of methoxy groups -OCH3 is 1. The van der Waals surface area contributed by atoms with Crippen molar-refractivity contribution in [2.24, 2.45) is 0 Å². The van der Waals surface area contributed by atoms with Crippen LogP contribution in [-0.4, -0.2) is 26.6 Å². The molecule has 6 heteroatoms. The molecule has 3 rings (SSSR count). The second kappa shape index (κ2) is 5.33. The molecule has 0 fully saturated rings. The average molecular weight is 303 g/mol. The summed E-state index contributed by atoms with van der Waals surface area (Å²) in [5.41, 5.74) is 3.47. The number of hydrogen-bond acceptors (Lipinski definition) is 4. The summed E-state index contributed by atoms with van der Waals surface area (Å²) in [6.07, 6.45) is 5.38. The van der Waals surface area contributed by atoms with Gasteiger partial charge in [0, 0.05) is 24.0 Å². The molecule has 0 radical (unpaired) electrons. The fourth-order valence-electron chi connectivity index (χ4n) is 2.37. The van der Waals surface area contributed by atoms with Crippen molar-refractivity contribution < 1.29 is 4.74 Å². The molecule has 0 saturated carbocycles. The third-order valence-electron chi connectivity index (χ3n) is 3.35. The largest absolute Gasteiger partial charge is 0.493 e. The van der Waals surface area contributed by atoms with Crippen molar-refractivity contribution in [3.8, 4) is 17.0 Å². The van der Waals surface area contributed by atoms with Crippen molar-refractivity contribution in [1.29, 1.82) is 0 Å². The van der Waals surface area contributed by atoms with Crippen molar-refractivity contribution in [1.82, 2.24) is 19.5 Å².